The van der Waals surface area contributed by atoms with Gasteiger partial charge in [0.05, 0.1) is 11.9 Å². The minimum Gasteiger partial charge on any atom is -0.454 e. The number of hydrogen-bond acceptors (Lipinski definition) is 6. The first-order valence-corrected chi connectivity index (χ1v) is 11.1. The minimum atomic E-state index is -0.629. The van der Waals surface area contributed by atoms with Gasteiger partial charge in [-0.2, -0.15) is 5.10 Å². The van der Waals surface area contributed by atoms with Crippen molar-refractivity contribution < 1.29 is 19.1 Å². The van der Waals surface area contributed by atoms with Crippen LogP contribution in [0.5, 0.6) is 0 Å². The van der Waals surface area contributed by atoms with E-state index in [1.165, 1.54) is 6.20 Å². The van der Waals surface area contributed by atoms with Crippen molar-refractivity contribution in [2.75, 3.05) is 11.9 Å². The molecule has 2 heterocycles. The van der Waals surface area contributed by atoms with Crippen molar-refractivity contribution in [2.24, 2.45) is 0 Å². The van der Waals surface area contributed by atoms with Crippen LogP contribution in [0.15, 0.2) is 85.2 Å². The number of pyridine rings is 1. The van der Waals surface area contributed by atoms with Gasteiger partial charge in [-0.05, 0) is 54.4 Å². The number of hydrogen-bond donors (Lipinski definition) is 1. The lowest BCUT2D eigenvalue weighted by molar-refractivity contribution is 0.0473. The van der Waals surface area contributed by atoms with Gasteiger partial charge in [0.1, 0.15) is 5.56 Å². The topological polar surface area (TPSA) is 103 Å². The zero-order valence-electron chi connectivity index (χ0n) is 19.3. The van der Waals surface area contributed by atoms with E-state index >= 15 is 0 Å². The molecule has 0 radical (unpaired) electrons. The van der Waals surface area contributed by atoms with E-state index in [0.29, 0.717) is 28.3 Å². The van der Waals surface area contributed by atoms with Crippen molar-refractivity contribution in [3.8, 4) is 5.82 Å². The molecule has 8 nitrogen and oxygen atoms in total. The number of aromatic nitrogens is 3. The predicted molar refractivity (Wildman–Crippen MR) is 131 cm³/mol. The number of rotatable bonds is 8. The van der Waals surface area contributed by atoms with Crippen LogP contribution in [0.1, 0.15) is 56.5 Å². The van der Waals surface area contributed by atoms with Gasteiger partial charge < -0.3 is 10.1 Å². The SMILES string of the molecule is CC(C)c1c(C(=O)OCC(=O)c2ccc(NC(=O)c3ccccc3)cc2)cnn1-c1ccccn1. The lowest BCUT2D eigenvalue weighted by atomic mass is 10.1. The number of nitrogens with one attached hydrogen (secondary N) is 1. The number of Topliss-reactive ketones (excluding diaryl/α,β-unsaturated/α-hetero) is 1. The number of nitrogens with zero attached hydrogens (tertiary/aromatic N) is 3. The molecule has 0 saturated carbocycles. The molecule has 1 N–H and O–H groups in total. The molecule has 2 aromatic carbocycles. The standard InChI is InChI=1S/C27H24N4O4/c1-18(2)25-22(16-29-31(25)24-10-6-7-15-28-24)27(34)35-17-23(32)19-11-13-21(14-12-19)30-26(33)20-8-4-3-5-9-20/h3-16,18H,17H2,1-2H3,(H,30,33). The molecule has 176 valence electrons. The Balaban J connectivity index is 1.39. The van der Waals surface area contributed by atoms with E-state index < -0.39 is 12.6 Å². The van der Waals surface area contributed by atoms with Crippen LogP contribution in [-0.4, -0.2) is 39.0 Å². The highest BCUT2D eigenvalue weighted by molar-refractivity contribution is 6.05. The maximum Gasteiger partial charge on any atom is 0.342 e. The second-order valence-corrected chi connectivity index (χ2v) is 8.09. The van der Waals surface area contributed by atoms with Crippen molar-refractivity contribution in [3.63, 3.8) is 0 Å². The Hall–Kier alpha value is -4.59. The van der Waals surface area contributed by atoms with Crippen LogP contribution in [-0.2, 0) is 4.74 Å². The number of carbonyl (C=O) groups is 3. The lowest BCUT2D eigenvalue weighted by Gasteiger charge is -2.12. The van der Waals surface area contributed by atoms with Crippen LogP contribution in [0.4, 0.5) is 5.69 Å². The summed E-state index contributed by atoms with van der Waals surface area (Å²) in [5.41, 5.74) is 2.39. The highest BCUT2D eigenvalue weighted by Crippen LogP contribution is 2.23. The summed E-state index contributed by atoms with van der Waals surface area (Å²) < 4.78 is 6.91. The molecule has 0 bridgehead atoms. The van der Waals surface area contributed by atoms with Crippen LogP contribution >= 0.6 is 0 Å². The summed E-state index contributed by atoms with van der Waals surface area (Å²) in [4.78, 5) is 41.9. The molecule has 1 amide bonds. The van der Waals surface area contributed by atoms with E-state index in [9.17, 15) is 14.4 Å². The summed E-state index contributed by atoms with van der Waals surface area (Å²) in [6.07, 6.45) is 3.08. The zero-order chi connectivity index (χ0) is 24.8. The largest absolute Gasteiger partial charge is 0.454 e. The fourth-order valence-corrected chi connectivity index (χ4v) is 3.56. The van der Waals surface area contributed by atoms with Crippen molar-refractivity contribution in [3.05, 3.63) is 108 Å². The highest BCUT2D eigenvalue weighted by Gasteiger charge is 2.23. The molecule has 0 aliphatic rings. The molecule has 0 atom stereocenters. The molecule has 0 saturated heterocycles. The molecule has 2 aromatic heterocycles. The zero-order valence-corrected chi connectivity index (χ0v) is 19.3. The summed E-state index contributed by atoms with van der Waals surface area (Å²) in [5, 5.41) is 7.08. The van der Waals surface area contributed by atoms with E-state index in [0.717, 1.165) is 0 Å². The van der Waals surface area contributed by atoms with Gasteiger partial charge in [-0.25, -0.2) is 14.5 Å². The third-order valence-electron chi connectivity index (χ3n) is 5.27. The fraction of sp³-hybridized carbons (Fsp3) is 0.148. The maximum absolute atomic E-state index is 12.8. The number of anilines is 1. The number of ketones is 1. The van der Waals surface area contributed by atoms with Crippen molar-refractivity contribution in [1.82, 2.24) is 14.8 Å². The predicted octanol–water partition coefficient (Wildman–Crippen LogP) is 4.68. The Morgan fingerprint density at radius 2 is 1.63 bits per heavy atom. The molecular weight excluding hydrogens is 444 g/mol. The van der Waals surface area contributed by atoms with Gasteiger partial charge in [0.15, 0.2) is 18.2 Å². The smallest absolute Gasteiger partial charge is 0.342 e. The summed E-state index contributed by atoms with van der Waals surface area (Å²) in [6, 6.07) is 20.7. The molecule has 4 rings (SSSR count). The quantitative estimate of drug-likeness (QED) is 0.297. The van der Waals surface area contributed by atoms with E-state index in [4.69, 9.17) is 4.74 Å². The van der Waals surface area contributed by atoms with Crippen molar-refractivity contribution in [1.29, 1.82) is 0 Å². The van der Waals surface area contributed by atoms with E-state index in [1.807, 2.05) is 26.0 Å². The number of benzene rings is 2. The molecule has 35 heavy (non-hydrogen) atoms. The van der Waals surface area contributed by atoms with E-state index in [1.54, 1.807) is 71.5 Å². The fourth-order valence-electron chi connectivity index (χ4n) is 3.56. The van der Waals surface area contributed by atoms with Crippen LogP contribution < -0.4 is 5.32 Å². The second kappa shape index (κ2) is 10.6. The third-order valence-corrected chi connectivity index (χ3v) is 5.27. The van der Waals surface area contributed by atoms with E-state index in [-0.39, 0.29) is 23.2 Å². The van der Waals surface area contributed by atoms with Gasteiger partial charge in [-0.3, -0.25) is 9.59 Å². The number of esters is 1. The monoisotopic (exact) mass is 468 g/mol. The van der Waals surface area contributed by atoms with Crippen LogP contribution in [0.3, 0.4) is 0 Å². The normalized spacial score (nSPS) is 10.7. The third kappa shape index (κ3) is 5.50. The molecule has 0 aliphatic carbocycles. The Labute approximate surface area is 202 Å². The maximum atomic E-state index is 12.8. The van der Waals surface area contributed by atoms with E-state index in [2.05, 4.69) is 15.4 Å². The van der Waals surface area contributed by atoms with Crippen LogP contribution in [0.25, 0.3) is 5.82 Å². The molecule has 0 fully saturated rings. The average molecular weight is 469 g/mol. The number of amides is 1. The molecule has 4 aromatic rings. The first kappa shape index (κ1) is 23.6. The summed E-state index contributed by atoms with van der Waals surface area (Å²) in [7, 11) is 0. The summed E-state index contributed by atoms with van der Waals surface area (Å²) in [5.74, 6) is -0.675. The minimum absolute atomic E-state index is 0.0311. The lowest BCUT2D eigenvalue weighted by Crippen LogP contribution is -2.16. The van der Waals surface area contributed by atoms with Gasteiger partial charge in [0, 0.05) is 23.0 Å². The van der Waals surface area contributed by atoms with Gasteiger partial charge in [0.25, 0.3) is 5.91 Å². The summed E-state index contributed by atoms with van der Waals surface area (Å²) >= 11 is 0. The first-order chi connectivity index (χ1) is 16.9. The number of carbonyl (C=O) groups excluding carboxylic acids is 3. The Kier molecular flexibility index (Phi) is 7.11. The van der Waals surface area contributed by atoms with Gasteiger partial charge in [-0.1, -0.05) is 38.1 Å². The molecular formula is C27H24N4O4. The number of ether oxygens (including phenoxy) is 1. The van der Waals surface area contributed by atoms with Crippen LogP contribution in [0, 0.1) is 0 Å². The van der Waals surface area contributed by atoms with Gasteiger partial charge in [0.2, 0.25) is 0 Å². The van der Waals surface area contributed by atoms with Crippen molar-refractivity contribution in [2.45, 2.75) is 19.8 Å². The van der Waals surface area contributed by atoms with Gasteiger partial charge >= 0.3 is 5.97 Å². The molecule has 8 heteroatoms. The Morgan fingerprint density at radius 1 is 0.914 bits per heavy atom. The molecule has 0 spiro atoms. The highest BCUT2D eigenvalue weighted by atomic mass is 16.5. The molecule has 0 unspecified atom stereocenters. The summed E-state index contributed by atoms with van der Waals surface area (Å²) in [6.45, 7) is 3.47. The second-order valence-electron chi connectivity index (χ2n) is 8.09. The molecule has 0 aliphatic heterocycles. The van der Waals surface area contributed by atoms with Gasteiger partial charge in [-0.15, -0.1) is 0 Å². The van der Waals surface area contributed by atoms with Crippen LogP contribution in [0.2, 0.25) is 0 Å². The first-order valence-electron chi connectivity index (χ1n) is 11.1. The Bertz CT molecular complexity index is 1330. The van der Waals surface area contributed by atoms with Crippen molar-refractivity contribution >= 4 is 23.3 Å². The average Bonchev–Trinajstić information content (AvgIpc) is 3.34. The Morgan fingerprint density at radius 3 is 2.29 bits per heavy atom.